The van der Waals surface area contributed by atoms with Crippen LogP contribution in [-0.4, -0.2) is 27.0 Å². The van der Waals surface area contributed by atoms with Gasteiger partial charge >= 0.3 is 8.80 Å². The maximum atomic E-state index is 5.61. The molecular weight excluding hydrogens is 291 g/mol. The van der Waals surface area contributed by atoms with Gasteiger partial charge in [-0.25, -0.2) is 0 Å². The molecule has 0 heterocycles. The van der Waals surface area contributed by atoms with E-state index in [1.807, 2.05) is 18.2 Å². The Kier molecular flexibility index (Phi) is 5.06. The first-order valence-electron chi connectivity index (χ1n) is 4.36. The van der Waals surface area contributed by atoms with Gasteiger partial charge < -0.3 is 13.3 Å². The normalized spacial score (nSPS) is 12.8. The van der Waals surface area contributed by atoms with Gasteiger partial charge in [-0.1, -0.05) is 65.1 Å². The summed E-state index contributed by atoms with van der Waals surface area (Å²) in [6.45, 7) is 0. The standard InChI is InChI=1S/C9H11Cl3O3Si/c1-13-16(14-2,15-9(10,11)12)8-6-4-3-5-7-8/h3-7H,1-2H3. The Morgan fingerprint density at radius 3 is 1.88 bits per heavy atom. The lowest BCUT2D eigenvalue weighted by atomic mass is 10.4. The average Bonchev–Trinajstić information content (AvgIpc) is 2.26. The lowest BCUT2D eigenvalue weighted by molar-refractivity contribution is 0.111. The number of hydrogen-bond acceptors (Lipinski definition) is 3. The molecule has 1 rings (SSSR count). The van der Waals surface area contributed by atoms with Crippen molar-refractivity contribution in [3.05, 3.63) is 30.3 Å². The quantitative estimate of drug-likeness (QED) is 0.631. The summed E-state index contributed by atoms with van der Waals surface area (Å²) in [4.78, 5) is 0. The summed E-state index contributed by atoms with van der Waals surface area (Å²) < 4.78 is 14.0. The minimum atomic E-state index is -3.15. The second kappa shape index (κ2) is 5.69. The number of rotatable bonds is 4. The summed E-state index contributed by atoms with van der Waals surface area (Å²) in [7, 11) is -0.236. The fraction of sp³-hybridized carbons (Fsp3) is 0.333. The maximum Gasteiger partial charge on any atom is 0.539 e. The van der Waals surface area contributed by atoms with Crippen molar-refractivity contribution in [2.75, 3.05) is 14.2 Å². The van der Waals surface area contributed by atoms with Gasteiger partial charge in [0.25, 0.3) is 3.98 Å². The highest BCUT2D eigenvalue weighted by Crippen LogP contribution is 2.31. The van der Waals surface area contributed by atoms with Gasteiger partial charge in [0, 0.05) is 19.4 Å². The van der Waals surface area contributed by atoms with Crippen molar-refractivity contribution in [1.82, 2.24) is 0 Å². The van der Waals surface area contributed by atoms with Gasteiger partial charge in [0.05, 0.1) is 0 Å². The smallest absolute Gasteiger partial charge is 0.373 e. The molecule has 90 valence electrons. The largest absolute Gasteiger partial charge is 0.539 e. The average molecular weight is 302 g/mol. The minimum Gasteiger partial charge on any atom is -0.373 e. The molecular formula is C9H11Cl3O3Si. The molecule has 0 radical (unpaired) electrons. The molecule has 0 bridgehead atoms. The molecule has 0 spiro atoms. The molecule has 0 aliphatic carbocycles. The van der Waals surface area contributed by atoms with Crippen molar-refractivity contribution in [3.8, 4) is 0 Å². The van der Waals surface area contributed by atoms with Gasteiger partial charge in [-0.2, -0.15) is 0 Å². The Balaban J connectivity index is 3.06. The highest BCUT2D eigenvalue weighted by atomic mass is 35.6. The van der Waals surface area contributed by atoms with Crippen molar-refractivity contribution in [2.24, 2.45) is 0 Å². The zero-order chi connectivity index (χ0) is 12.2. The van der Waals surface area contributed by atoms with Gasteiger partial charge in [0.2, 0.25) is 0 Å². The SMILES string of the molecule is CO[Si](OC)(OC(Cl)(Cl)Cl)c1ccccc1. The van der Waals surface area contributed by atoms with E-state index in [1.54, 1.807) is 12.1 Å². The summed E-state index contributed by atoms with van der Waals surface area (Å²) in [5, 5.41) is 0.728. The summed E-state index contributed by atoms with van der Waals surface area (Å²) in [5.74, 6) is 0. The summed E-state index contributed by atoms with van der Waals surface area (Å²) in [6, 6.07) is 9.13. The van der Waals surface area contributed by atoms with Crippen LogP contribution >= 0.6 is 34.8 Å². The van der Waals surface area contributed by atoms with E-state index in [0.29, 0.717) is 0 Å². The predicted octanol–water partition coefficient (Wildman–Crippen LogP) is 2.47. The Labute approximate surface area is 111 Å². The molecule has 0 saturated carbocycles. The van der Waals surface area contributed by atoms with Crippen molar-refractivity contribution in [1.29, 1.82) is 0 Å². The molecule has 0 unspecified atom stereocenters. The Morgan fingerprint density at radius 2 is 1.50 bits per heavy atom. The number of hydrogen-bond donors (Lipinski definition) is 0. The molecule has 7 heteroatoms. The van der Waals surface area contributed by atoms with E-state index in [-0.39, 0.29) is 0 Å². The topological polar surface area (TPSA) is 27.7 Å². The van der Waals surface area contributed by atoms with E-state index in [1.165, 1.54) is 14.2 Å². The summed E-state index contributed by atoms with van der Waals surface area (Å²) in [5.41, 5.74) is 0. The van der Waals surface area contributed by atoms with E-state index < -0.39 is 12.8 Å². The summed E-state index contributed by atoms with van der Waals surface area (Å²) in [6.07, 6.45) is 0. The molecule has 3 nitrogen and oxygen atoms in total. The predicted molar refractivity (Wildman–Crippen MR) is 67.2 cm³/mol. The Morgan fingerprint density at radius 1 is 1.00 bits per heavy atom. The van der Waals surface area contributed by atoms with Crippen LogP contribution in [-0.2, 0) is 13.3 Å². The van der Waals surface area contributed by atoms with E-state index in [4.69, 9.17) is 48.1 Å². The Hall–Kier alpha value is 0.187. The second-order valence-electron chi connectivity index (χ2n) is 2.88. The van der Waals surface area contributed by atoms with Gasteiger partial charge in [0.1, 0.15) is 0 Å². The van der Waals surface area contributed by atoms with Crippen LogP contribution in [0.5, 0.6) is 0 Å². The highest BCUT2D eigenvalue weighted by Gasteiger charge is 2.47. The van der Waals surface area contributed by atoms with Gasteiger partial charge in [-0.15, -0.1) is 0 Å². The van der Waals surface area contributed by atoms with Gasteiger partial charge in [0.15, 0.2) is 0 Å². The molecule has 0 N–H and O–H groups in total. The van der Waals surface area contributed by atoms with Crippen LogP contribution in [0, 0.1) is 0 Å². The highest BCUT2D eigenvalue weighted by molar-refractivity contribution is 6.78. The molecule has 0 fully saturated rings. The van der Waals surface area contributed by atoms with Gasteiger partial charge in [-0.05, 0) is 0 Å². The lowest BCUT2D eigenvalue weighted by Gasteiger charge is -2.29. The van der Waals surface area contributed by atoms with Crippen molar-refractivity contribution < 1.29 is 13.3 Å². The molecule has 1 aromatic rings. The molecule has 0 amide bonds. The third-order valence-corrected chi connectivity index (χ3v) is 5.22. The zero-order valence-corrected chi connectivity index (χ0v) is 12.0. The molecule has 0 aromatic heterocycles. The van der Waals surface area contributed by atoms with Crippen LogP contribution in [0.2, 0.25) is 0 Å². The van der Waals surface area contributed by atoms with E-state index in [9.17, 15) is 0 Å². The van der Waals surface area contributed by atoms with Crippen molar-refractivity contribution in [2.45, 2.75) is 3.98 Å². The first kappa shape index (κ1) is 14.2. The minimum absolute atomic E-state index is 0.728. The first-order chi connectivity index (χ1) is 7.43. The van der Waals surface area contributed by atoms with Crippen LogP contribution in [0.15, 0.2) is 30.3 Å². The molecule has 0 aliphatic heterocycles. The Bertz CT molecular complexity index is 325. The van der Waals surface area contributed by atoms with Crippen molar-refractivity contribution >= 4 is 48.8 Å². The van der Waals surface area contributed by atoms with Crippen LogP contribution < -0.4 is 5.19 Å². The van der Waals surface area contributed by atoms with E-state index in [0.717, 1.165) is 5.19 Å². The van der Waals surface area contributed by atoms with Crippen LogP contribution in [0.25, 0.3) is 0 Å². The third kappa shape index (κ3) is 3.60. The number of alkyl halides is 3. The number of halogens is 3. The zero-order valence-electron chi connectivity index (χ0n) is 8.75. The van der Waals surface area contributed by atoms with Crippen LogP contribution in [0.1, 0.15) is 0 Å². The molecule has 0 atom stereocenters. The third-order valence-electron chi connectivity index (χ3n) is 1.91. The lowest BCUT2D eigenvalue weighted by Crippen LogP contribution is -2.57. The first-order valence-corrected chi connectivity index (χ1v) is 7.22. The van der Waals surface area contributed by atoms with E-state index in [2.05, 4.69) is 0 Å². The maximum absolute atomic E-state index is 5.61. The molecule has 16 heavy (non-hydrogen) atoms. The monoisotopic (exact) mass is 300 g/mol. The molecule has 0 aliphatic rings. The second-order valence-corrected chi connectivity index (χ2v) is 7.77. The summed E-state index contributed by atoms with van der Waals surface area (Å²) >= 11 is 16.8. The fourth-order valence-corrected chi connectivity index (χ4v) is 4.00. The van der Waals surface area contributed by atoms with Crippen LogP contribution in [0.4, 0.5) is 0 Å². The number of benzene rings is 1. The molecule has 0 saturated heterocycles. The van der Waals surface area contributed by atoms with Crippen molar-refractivity contribution in [3.63, 3.8) is 0 Å². The van der Waals surface area contributed by atoms with Gasteiger partial charge in [-0.3, -0.25) is 0 Å². The van der Waals surface area contributed by atoms with Crippen LogP contribution in [0.3, 0.4) is 0 Å². The van der Waals surface area contributed by atoms with E-state index >= 15 is 0 Å². The molecule has 1 aromatic carbocycles. The fourth-order valence-electron chi connectivity index (χ4n) is 1.26.